The van der Waals surface area contributed by atoms with E-state index in [0.29, 0.717) is 5.03 Å². The monoisotopic (exact) mass is 291 g/mol. The summed E-state index contributed by atoms with van der Waals surface area (Å²) in [6, 6.07) is 2.76. The summed E-state index contributed by atoms with van der Waals surface area (Å²) in [7, 11) is 0. The van der Waals surface area contributed by atoms with E-state index in [4.69, 9.17) is 11.6 Å². The SMILES string of the molecule is FC(F)(F)c1ncccc1Sc1cnc(Cl)cn1. The second-order valence-corrected chi connectivity index (χ2v) is 4.58. The molecular weight excluding hydrogens is 287 g/mol. The van der Waals surface area contributed by atoms with Crippen LogP contribution in [0.25, 0.3) is 0 Å². The normalized spacial score (nSPS) is 11.6. The average Bonchev–Trinajstić information content (AvgIpc) is 2.31. The first-order chi connectivity index (χ1) is 8.47. The highest BCUT2D eigenvalue weighted by molar-refractivity contribution is 7.99. The van der Waals surface area contributed by atoms with Crippen molar-refractivity contribution in [3.05, 3.63) is 41.6 Å². The molecule has 0 radical (unpaired) electrons. The molecule has 0 bridgehead atoms. The molecule has 2 rings (SSSR count). The van der Waals surface area contributed by atoms with Crippen LogP contribution in [0.1, 0.15) is 5.69 Å². The lowest BCUT2D eigenvalue weighted by Gasteiger charge is -2.10. The van der Waals surface area contributed by atoms with Crippen LogP contribution in [-0.4, -0.2) is 15.0 Å². The molecule has 0 aliphatic rings. The van der Waals surface area contributed by atoms with Crippen molar-refractivity contribution in [1.29, 1.82) is 0 Å². The predicted octanol–water partition coefficient (Wildman–Crippen LogP) is 3.70. The fourth-order valence-electron chi connectivity index (χ4n) is 1.15. The zero-order valence-electron chi connectivity index (χ0n) is 8.65. The molecule has 94 valence electrons. The van der Waals surface area contributed by atoms with Crippen LogP contribution in [0.2, 0.25) is 5.15 Å². The second-order valence-electron chi connectivity index (χ2n) is 3.13. The van der Waals surface area contributed by atoms with Gasteiger partial charge in [0.25, 0.3) is 0 Å². The summed E-state index contributed by atoms with van der Waals surface area (Å²) in [6.07, 6.45) is -0.822. The molecule has 0 aliphatic heterocycles. The first-order valence-electron chi connectivity index (χ1n) is 4.64. The van der Waals surface area contributed by atoms with Gasteiger partial charge in [0.15, 0.2) is 5.69 Å². The molecular formula is C10H5ClF3N3S. The van der Waals surface area contributed by atoms with Crippen molar-refractivity contribution in [3.63, 3.8) is 0 Å². The van der Waals surface area contributed by atoms with Crippen molar-refractivity contribution >= 4 is 23.4 Å². The van der Waals surface area contributed by atoms with E-state index in [-0.39, 0.29) is 10.0 Å². The van der Waals surface area contributed by atoms with Crippen molar-refractivity contribution in [2.24, 2.45) is 0 Å². The van der Waals surface area contributed by atoms with Crippen molar-refractivity contribution in [2.45, 2.75) is 16.1 Å². The van der Waals surface area contributed by atoms with Gasteiger partial charge in [-0.15, -0.1) is 0 Å². The molecule has 3 nitrogen and oxygen atoms in total. The molecule has 2 aromatic rings. The Balaban J connectivity index is 2.32. The zero-order valence-corrected chi connectivity index (χ0v) is 10.2. The van der Waals surface area contributed by atoms with Crippen molar-refractivity contribution in [2.75, 3.05) is 0 Å². The lowest BCUT2D eigenvalue weighted by molar-refractivity contribution is -0.143. The Morgan fingerprint density at radius 2 is 1.89 bits per heavy atom. The van der Waals surface area contributed by atoms with Crippen LogP contribution in [0.15, 0.2) is 40.6 Å². The van der Waals surface area contributed by atoms with E-state index >= 15 is 0 Å². The van der Waals surface area contributed by atoms with Crippen LogP contribution in [0.5, 0.6) is 0 Å². The highest BCUT2D eigenvalue weighted by Gasteiger charge is 2.35. The summed E-state index contributed by atoms with van der Waals surface area (Å²) < 4.78 is 38.0. The van der Waals surface area contributed by atoms with Gasteiger partial charge in [0.2, 0.25) is 0 Å². The van der Waals surface area contributed by atoms with Gasteiger partial charge in [-0.1, -0.05) is 23.4 Å². The van der Waals surface area contributed by atoms with E-state index < -0.39 is 11.9 Å². The Kier molecular flexibility index (Phi) is 3.72. The lowest BCUT2D eigenvalue weighted by Crippen LogP contribution is -2.09. The summed E-state index contributed by atoms with van der Waals surface area (Å²) >= 11 is 6.38. The highest BCUT2D eigenvalue weighted by atomic mass is 35.5. The lowest BCUT2D eigenvalue weighted by atomic mass is 10.3. The number of alkyl halides is 3. The molecule has 0 saturated carbocycles. The van der Waals surface area contributed by atoms with Gasteiger partial charge in [0, 0.05) is 11.1 Å². The molecule has 2 heterocycles. The van der Waals surface area contributed by atoms with Gasteiger partial charge in [-0.25, -0.2) is 9.97 Å². The molecule has 0 amide bonds. The Morgan fingerprint density at radius 3 is 2.50 bits per heavy atom. The minimum Gasteiger partial charge on any atom is -0.251 e. The number of pyridine rings is 1. The van der Waals surface area contributed by atoms with Crippen LogP contribution in [0.3, 0.4) is 0 Å². The number of halogens is 4. The van der Waals surface area contributed by atoms with E-state index in [0.717, 1.165) is 18.0 Å². The molecule has 0 aliphatic carbocycles. The zero-order chi connectivity index (χ0) is 13.2. The van der Waals surface area contributed by atoms with Gasteiger partial charge >= 0.3 is 6.18 Å². The summed E-state index contributed by atoms with van der Waals surface area (Å²) in [5.74, 6) is 0. The highest BCUT2D eigenvalue weighted by Crippen LogP contribution is 2.37. The number of rotatable bonds is 2. The van der Waals surface area contributed by atoms with Crippen LogP contribution in [0, 0.1) is 0 Å². The van der Waals surface area contributed by atoms with Gasteiger partial charge in [0.05, 0.1) is 12.4 Å². The largest absolute Gasteiger partial charge is 0.434 e. The molecule has 0 fully saturated rings. The number of hydrogen-bond acceptors (Lipinski definition) is 4. The maximum Gasteiger partial charge on any atom is 0.434 e. The van der Waals surface area contributed by atoms with Crippen molar-refractivity contribution < 1.29 is 13.2 Å². The maximum absolute atomic E-state index is 12.7. The summed E-state index contributed by atoms with van der Waals surface area (Å²) in [6.45, 7) is 0. The van der Waals surface area contributed by atoms with Crippen LogP contribution < -0.4 is 0 Å². The van der Waals surface area contributed by atoms with Gasteiger partial charge in [-0.2, -0.15) is 13.2 Å². The first-order valence-corrected chi connectivity index (χ1v) is 5.84. The molecule has 0 saturated heterocycles. The molecule has 0 spiro atoms. The molecule has 18 heavy (non-hydrogen) atoms. The van der Waals surface area contributed by atoms with Crippen LogP contribution in [0.4, 0.5) is 13.2 Å². The summed E-state index contributed by atoms with van der Waals surface area (Å²) in [5, 5.41) is 0.500. The van der Waals surface area contributed by atoms with Crippen LogP contribution in [-0.2, 0) is 6.18 Å². The second kappa shape index (κ2) is 5.11. The van der Waals surface area contributed by atoms with Gasteiger partial charge in [0.1, 0.15) is 10.2 Å². The van der Waals surface area contributed by atoms with E-state index in [1.165, 1.54) is 24.5 Å². The van der Waals surface area contributed by atoms with E-state index in [2.05, 4.69) is 15.0 Å². The smallest absolute Gasteiger partial charge is 0.251 e. The number of hydrogen-bond donors (Lipinski definition) is 0. The quantitative estimate of drug-likeness (QED) is 0.846. The Labute approximate surface area is 109 Å². The number of nitrogens with zero attached hydrogens (tertiary/aromatic N) is 3. The minimum absolute atomic E-state index is 0.0263. The molecule has 0 N–H and O–H groups in total. The van der Waals surface area contributed by atoms with Gasteiger partial charge in [-0.3, -0.25) is 4.98 Å². The fourth-order valence-corrected chi connectivity index (χ4v) is 2.10. The predicted molar refractivity (Wildman–Crippen MR) is 60.4 cm³/mol. The topological polar surface area (TPSA) is 38.7 Å². The van der Waals surface area contributed by atoms with E-state index in [9.17, 15) is 13.2 Å². The van der Waals surface area contributed by atoms with E-state index in [1.807, 2.05) is 0 Å². The molecule has 0 unspecified atom stereocenters. The summed E-state index contributed by atoms with van der Waals surface area (Å²) in [4.78, 5) is 10.9. The first kappa shape index (κ1) is 13.1. The van der Waals surface area contributed by atoms with Crippen molar-refractivity contribution in [3.8, 4) is 0 Å². The average molecular weight is 292 g/mol. The van der Waals surface area contributed by atoms with Crippen molar-refractivity contribution in [1.82, 2.24) is 15.0 Å². The standard InChI is InChI=1S/C10H5ClF3N3S/c11-7-4-17-8(5-16-7)18-6-2-1-3-15-9(6)10(12,13)14/h1-5H. The minimum atomic E-state index is -4.50. The Morgan fingerprint density at radius 1 is 1.11 bits per heavy atom. The third kappa shape index (κ3) is 3.11. The van der Waals surface area contributed by atoms with Gasteiger partial charge in [-0.05, 0) is 12.1 Å². The molecule has 0 atom stereocenters. The fraction of sp³-hybridized carbons (Fsp3) is 0.100. The van der Waals surface area contributed by atoms with E-state index in [1.54, 1.807) is 0 Å². The van der Waals surface area contributed by atoms with Crippen LogP contribution >= 0.6 is 23.4 Å². The third-order valence-electron chi connectivity index (χ3n) is 1.85. The summed E-state index contributed by atoms with van der Waals surface area (Å²) in [5.41, 5.74) is -0.938. The van der Waals surface area contributed by atoms with Gasteiger partial charge < -0.3 is 0 Å². The molecule has 8 heteroatoms. The maximum atomic E-state index is 12.7. The molecule has 0 aromatic carbocycles. The Hall–Kier alpha value is -1.34. The third-order valence-corrected chi connectivity index (χ3v) is 3.01. The Bertz CT molecular complexity index is 545. The number of aromatic nitrogens is 3. The molecule has 2 aromatic heterocycles.